The number of methoxy groups -OCH3 is 2. The van der Waals surface area contributed by atoms with E-state index < -0.39 is 12.1 Å². The summed E-state index contributed by atoms with van der Waals surface area (Å²) in [7, 11) is 2.92. The normalized spacial score (nSPS) is 10.0. The average Bonchev–Trinajstić information content (AvgIpc) is 2.61. The lowest BCUT2D eigenvalue weighted by molar-refractivity contribution is 0.209. The fourth-order valence-corrected chi connectivity index (χ4v) is 2.48. The first-order chi connectivity index (χ1) is 12.3. The van der Waals surface area contributed by atoms with Crippen LogP contribution < -0.4 is 24.4 Å². The number of nitrogens with one attached hydrogen (secondary N) is 2. The van der Waals surface area contributed by atoms with Crippen molar-refractivity contribution in [3.05, 3.63) is 41.4 Å². The van der Waals surface area contributed by atoms with Gasteiger partial charge in [-0.05, 0) is 30.3 Å². The van der Waals surface area contributed by atoms with Crippen molar-refractivity contribution in [2.24, 2.45) is 0 Å². The van der Waals surface area contributed by atoms with Crippen LogP contribution in [0.2, 0.25) is 5.02 Å². The van der Waals surface area contributed by atoms with E-state index in [1.807, 2.05) is 0 Å². The number of urea groups is 1. The number of benzene rings is 2. The minimum absolute atomic E-state index is 0.304. The summed E-state index contributed by atoms with van der Waals surface area (Å²) in [5, 5.41) is 13.8. The van der Waals surface area contributed by atoms with Gasteiger partial charge in [-0.15, -0.1) is 0 Å². The summed E-state index contributed by atoms with van der Waals surface area (Å²) < 4.78 is 11.4. The van der Waals surface area contributed by atoms with Crippen LogP contribution in [0.3, 0.4) is 0 Å². The van der Waals surface area contributed by atoms with E-state index in [-0.39, 0.29) is 0 Å². The number of carbonyl (C=O) groups excluding carboxylic acids is 1. The highest BCUT2D eigenvalue weighted by Crippen LogP contribution is 2.36. The fourth-order valence-electron chi connectivity index (χ4n) is 2.05. The van der Waals surface area contributed by atoms with E-state index in [0.29, 0.717) is 33.6 Å². The Kier molecular flexibility index (Phi) is 6.42. The summed E-state index contributed by atoms with van der Waals surface area (Å²) in [6, 6.07) is 8.57. The number of rotatable bonds is 5. The number of hydrogen-bond acceptors (Lipinski definition) is 5. The van der Waals surface area contributed by atoms with Crippen molar-refractivity contribution in [1.82, 2.24) is 0 Å². The predicted molar refractivity (Wildman–Crippen MR) is 103 cm³/mol. The second-order valence-corrected chi connectivity index (χ2v) is 5.71. The number of hydrogen-bond donors (Lipinski definition) is 4. The third-order valence-corrected chi connectivity index (χ3v) is 3.98. The Hall–Kier alpha value is -2.78. The number of carbonyl (C=O) groups is 2. The first-order valence-electron chi connectivity index (χ1n) is 7.17. The molecule has 10 heteroatoms. The molecule has 0 saturated carbocycles. The monoisotopic (exact) mass is 397 g/mol. The van der Waals surface area contributed by atoms with Crippen molar-refractivity contribution >= 4 is 53.6 Å². The molecule has 2 aromatic rings. The van der Waals surface area contributed by atoms with Crippen molar-refractivity contribution < 1.29 is 24.2 Å². The van der Waals surface area contributed by atoms with Crippen molar-refractivity contribution in [3.8, 4) is 11.5 Å². The van der Waals surface area contributed by atoms with E-state index in [0.717, 1.165) is 4.31 Å². The van der Waals surface area contributed by atoms with Gasteiger partial charge in [0.1, 0.15) is 11.5 Å². The third kappa shape index (κ3) is 4.64. The highest BCUT2D eigenvalue weighted by atomic mass is 35.5. The molecule has 0 heterocycles. The fraction of sp³-hybridized carbons (Fsp3) is 0.125. The molecule has 0 atom stereocenters. The minimum atomic E-state index is -1.18. The lowest BCUT2D eigenvalue weighted by Crippen LogP contribution is -2.27. The van der Waals surface area contributed by atoms with Crippen LogP contribution in [0, 0.1) is 0 Å². The van der Waals surface area contributed by atoms with E-state index in [4.69, 9.17) is 26.2 Å². The highest BCUT2D eigenvalue weighted by Gasteiger charge is 2.17. The molecule has 0 aliphatic carbocycles. The molecule has 8 nitrogen and oxygen atoms in total. The molecule has 138 valence electrons. The standard InChI is InChI=1S/C16H16ClN3O5S/c1-24-13-8-14(25-2)12(7-11(13)17)19-15(21)20(26)10-5-3-9(4-6-10)18-16(22)23/h3-8,18,26H,1-2H3,(H,19,21)(H,22,23). The van der Waals surface area contributed by atoms with Crippen LogP contribution in [0.5, 0.6) is 11.5 Å². The Bertz CT molecular complexity index is 816. The highest BCUT2D eigenvalue weighted by molar-refractivity contribution is 7.82. The SMILES string of the molecule is COc1cc(OC)c(NC(=O)N(S)c2ccc(NC(=O)O)cc2)cc1Cl. The van der Waals surface area contributed by atoms with Gasteiger partial charge < -0.3 is 19.9 Å². The zero-order valence-electron chi connectivity index (χ0n) is 13.8. The smallest absolute Gasteiger partial charge is 0.409 e. The van der Waals surface area contributed by atoms with Crippen LogP contribution in [0.15, 0.2) is 36.4 Å². The minimum Gasteiger partial charge on any atom is -0.495 e. The summed E-state index contributed by atoms with van der Waals surface area (Å²) in [6.07, 6.45) is -1.18. The van der Waals surface area contributed by atoms with Crippen LogP contribution in [-0.2, 0) is 0 Å². The van der Waals surface area contributed by atoms with Gasteiger partial charge in [0.25, 0.3) is 0 Å². The lowest BCUT2D eigenvalue weighted by Gasteiger charge is -2.19. The molecule has 0 bridgehead atoms. The Morgan fingerprint density at radius 3 is 2.23 bits per heavy atom. The Morgan fingerprint density at radius 2 is 1.69 bits per heavy atom. The first-order valence-corrected chi connectivity index (χ1v) is 7.95. The molecule has 0 spiro atoms. The van der Waals surface area contributed by atoms with Gasteiger partial charge in [0.05, 0.1) is 30.6 Å². The van der Waals surface area contributed by atoms with Gasteiger partial charge >= 0.3 is 12.1 Å². The predicted octanol–water partition coefficient (Wildman–Crippen LogP) is 4.33. The summed E-state index contributed by atoms with van der Waals surface area (Å²) >= 11 is 10.2. The molecule has 3 N–H and O–H groups in total. The van der Waals surface area contributed by atoms with Crippen LogP contribution in [0.4, 0.5) is 26.7 Å². The molecule has 0 aliphatic rings. The second kappa shape index (κ2) is 8.54. The number of thiol groups is 1. The van der Waals surface area contributed by atoms with Gasteiger partial charge in [-0.25, -0.2) is 13.9 Å². The van der Waals surface area contributed by atoms with Gasteiger partial charge in [-0.1, -0.05) is 24.4 Å². The molecular formula is C16H16ClN3O5S. The van der Waals surface area contributed by atoms with Crippen molar-refractivity contribution in [2.45, 2.75) is 0 Å². The van der Waals surface area contributed by atoms with Crippen molar-refractivity contribution in [3.63, 3.8) is 0 Å². The van der Waals surface area contributed by atoms with Crippen LogP contribution >= 0.6 is 24.4 Å². The molecule has 0 saturated heterocycles. The maximum absolute atomic E-state index is 12.4. The van der Waals surface area contributed by atoms with Gasteiger partial charge in [-0.2, -0.15) is 0 Å². The number of ether oxygens (including phenoxy) is 2. The molecule has 2 rings (SSSR count). The van der Waals surface area contributed by atoms with Crippen molar-refractivity contribution in [2.75, 3.05) is 29.2 Å². The second-order valence-electron chi connectivity index (χ2n) is 4.91. The Labute approximate surface area is 160 Å². The van der Waals surface area contributed by atoms with Crippen molar-refractivity contribution in [1.29, 1.82) is 0 Å². The molecule has 0 aliphatic heterocycles. The number of halogens is 1. The summed E-state index contributed by atoms with van der Waals surface area (Å²) in [6.45, 7) is 0. The first kappa shape index (κ1) is 19.5. The number of anilines is 3. The zero-order chi connectivity index (χ0) is 19.3. The molecule has 3 amide bonds. The quantitative estimate of drug-likeness (QED) is 0.563. The maximum Gasteiger partial charge on any atom is 0.409 e. The topological polar surface area (TPSA) is 100 Å². The number of amides is 3. The van der Waals surface area contributed by atoms with E-state index in [2.05, 4.69) is 23.4 Å². The van der Waals surface area contributed by atoms with E-state index in [1.165, 1.54) is 44.6 Å². The largest absolute Gasteiger partial charge is 0.495 e. The molecule has 0 radical (unpaired) electrons. The Balaban J connectivity index is 2.16. The molecule has 0 unspecified atom stereocenters. The lowest BCUT2D eigenvalue weighted by atomic mass is 10.2. The van der Waals surface area contributed by atoms with E-state index >= 15 is 0 Å². The van der Waals surface area contributed by atoms with Crippen LogP contribution in [0.1, 0.15) is 0 Å². The zero-order valence-corrected chi connectivity index (χ0v) is 15.5. The van der Waals surface area contributed by atoms with E-state index in [9.17, 15) is 9.59 Å². The molecule has 0 aromatic heterocycles. The molecule has 2 aromatic carbocycles. The average molecular weight is 398 g/mol. The van der Waals surface area contributed by atoms with Gasteiger partial charge in [0.15, 0.2) is 0 Å². The number of nitrogens with zero attached hydrogens (tertiary/aromatic N) is 1. The summed E-state index contributed by atoms with van der Waals surface area (Å²) in [5.74, 6) is 0.771. The summed E-state index contributed by atoms with van der Waals surface area (Å²) in [5.41, 5.74) is 1.14. The van der Waals surface area contributed by atoms with Gasteiger partial charge in [-0.3, -0.25) is 5.32 Å². The van der Waals surface area contributed by atoms with Crippen LogP contribution in [0.25, 0.3) is 0 Å². The number of carboxylic acid groups (broad SMARTS) is 1. The maximum atomic E-state index is 12.4. The Morgan fingerprint density at radius 1 is 1.08 bits per heavy atom. The van der Waals surface area contributed by atoms with Gasteiger partial charge in [0, 0.05) is 11.8 Å². The van der Waals surface area contributed by atoms with Gasteiger partial charge in [0.2, 0.25) is 0 Å². The molecule has 26 heavy (non-hydrogen) atoms. The third-order valence-electron chi connectivity index (χ3n) is 3.27. The van der Waals surface area contributed by atoms with Crippen LogP contribution in [-0.4, -0.2) is 31.5 Å². The molecule has 0 fully saturated rings. The molecular weight excluding hydrogens is 382 g/mol. The summed E-state index contributed by atoms with van der Waals surface area (Å²) in [4.78, 5) is 23.0. The van der Waals surface area contributed by atoms with E-state index in [1.54, 1.807) is 6.07 Å².